The Morgan fingerprint density at radius 3 is 2.73 bits per heavy atom. The molecule has 1 N–H and O–H groups in total. The summed E-state index contributed by atoms with van der Waals surface area (Å²) in [6, 6.07) is 0. The molecule has 1 aliphatic carbocycles. The summed E-state index contributed by atoms with van der Waals surface area (Å²) in [5, 5.41) is 6.67. The van der Waals surface area contributed by atoms with Gasteiger partial charge in [0.15, 0.2) is 0 Å². The van der Waals surface area contributed by atoms with Crippen molar-refractivity contribution in [2.75, 3.05) is 6.54 Å². The average molecular weight is 334 g/mol. The maximum absolute atomic E-state index is 12.9. The quantitative estimate of drug-likeness (QED) is 0.693. The van der Waals surface area contributed by atoms with Gasteiger partial charge >= 0.3 is 0 Å². The van der Waals surface area contributed by atoms with E-state index < -0.39 is 12.1 Å². The third-order valence-electron chi connectivity index (χ3n) is 3.77. The number of nitrogens with one attached hydrogen (secondary N) is 1. The number of aromatic nitrogens is 2. The lowest BCUT2D eigenvalue weighted by Crippen LogP contribution is -2.29. The molecule has 0 saturated heterocycles. The van der Waals surface area contributed by atoms with Crippen LogP contribution in [-0.2, 0) is 11.3 Å². The largest absolute Gasteiger partial charge is 0.354 e. The van der Waals surface area contributed by atoms with Gasteiger partial charge in [-0.2, -0.15) is 5.10 Å². The number of carbonyl (C=O) groups excluding carboxylic acids is 1. The van der Waals surface area contributed by atoms with Crippen LogP contribution in [0.15, 0.2) is 0 Å². The highest BCUT2D eigenvalue weighted by Gasteiger charge is 2.34. The lowest BCUT2D eigenvalue weighted by molar-refractivity contribution is -0.121. The van der Waals surface area contributed by atoms with Gasteiger partial charge in [-0.15, -0.1) is 0 Å². The highest BCUT2D eigenvalue weighted by atomic mass is 35.5. The summed E-state index contributed by atoms with van der Waals surface area (Å²) >= 11 is 6.01. The summed E-state index contributed by atoms with van der Waals surface area (Å²) in [6.45, 7) is 2.68. The first-order valence-corrected chi connectivity index (χ1v) is 8.23. The third-order valence-corrected chi connectivity index (χ3v) is 4.16. The van der Waals surface area contributed by atoms with Gasteiger partial charge in [-0.3, -0.25) is 9.48 Å². The van der Waals surface area contributed by atoms with E-state index in [1.165, 1.54) is 4.68 Å². The summed E-state index contributed by atoms with van der Waals surface area (Å²) in [5.74, 6) is -0.0526. The monoisotopic (exact) mass is 333 g/mol. The molecule has 0 radical (unpaired) electrons. The third kappa shape index (κ3) is 4.41. The molecule has 1 aromatic heterocycles. The van der Waals surface area contributed by atoms with Crippen LogP contribution in [0.5, 0.6) is 0 Å². The Hall–Kier alpha value is -1.17. The van der Waals surface area contributed by atoms with E-state index >= 15 is 0 Å². The molecular formula is C15H22ClF2N3O. The molecular weight excluding hydrogens is 312 g/mol. The van der Waals surface area contributed by atoms with Gasteiger partial charge in [-0.25, -0.2) is 8.78 Å². The fourth-order valence-corrected chi connectivity index (χ4v) is 2.82. The molecule has 1 aromatic rings. The normalized spacial score (nSPS) is 14.6. The van der Waals surface area contributed by atoms with Crippen LogP contribution in [0.2, 0.25) is 5.02 Å². The molecule has 4 nitrogen and oxygen atoms in total. The van der Waals surface area contributed by atoms with Crippen molar-refractivity contribution in [3.8, 4) is 0 Å². The zero-order valence-electron chi connectivity index (χ0n) is 12.7. The van der Waals surface area contributed by atoms with E-state index in [4.69, 9.17) is 11.6 Å². The molecule has 0 atom stereocenters. The molecule has 124 valence electrons. The van der Waals surface area contributed by atoms with Gasteiger partial charge in [0.25, 0.3) is 6.43 Å². The molecule has 0 spiro atoms. The van der Waals surface area contributed by atoms with E-state index in [-0.39, 0.29) is 23.4 Å². The van der Waals surface area contributed by atoms with Crippen LogP contribution >= 0.6 is 11.6 Å². The van der Waals surface area contributed by atoms with Crippen molar-refractivity contribution >= 4 is 17.5 Å². The van der Waals surface area contributed by atoms with E-state index in [1.54, 1.807) is 0 Å². The molecule has 7 heteroatoms. The molecule has 1 fully saturated rings. The van der Waals surface area contributed by atoms with Gasteiger partial charge in [-0.05, 0) is 19.3 Å². The van der Waals surface area contributed by atoms with Gasteiger partial charge in [-0.1, -0.05) is 37.8 Å². The fourth-order valence-electron chi connectivity index (χ4n) is 2.45. The number of nitrogens with zero attached hydrogens (tertiary/aromatic N) is 2. The Bertz CT molecular complexity index is 515. The molecule has 1 aliphatic rings. The van der Waals surface area contributed by atoms with Crippen LogP contribution in [-0.4, -0.2) is 22.2 Å². The predicted octanol–water partition coefficient (Wildman–Crippen LogP) is 4.05. The van der Waals surface area contributed by atoms with Crippen LogP contribution in [0.25, 0.3) is 0 Å². The minimum Gasteiger partial charge on any atom is -0.354 e. The number of hydrogen-bond donors (Lipinski definition) is 1. The molecule has 2 rings (SSSR count). The Kier molecular flexibility index (Phi) is 6.17. The second kappa shape index (κ2) is 7.90. The number of unbranched alkanes of at least 4 members (excludes halogenated alkanes) is 3. The average Bonchev–Trinajstić information content (AvgIpc) is 3.23. The van der Waals surface area contributed by atoms with E-state index in [0.717, 1.165) is 38.5 Å². The summed E-state index contributed by atoms with van der Waals surface area (Å²) in [6.07, 6.45) is 3.39. The van der Waals surface area contributed by atoms with Crippen molar-refractivity contribution < 1.29 is 13.6 Å². The van der Waals surface area contributed by atoms with Crippen LogP contribution in [0.4, 0.5) is 8.78 Å². The summed E-state index contributed by atoms with van der Waals surface area (Å²) < 4.78 is 27.2. The summed E-state index contributed by atoms with van der Waals surface area (Å²) in [7, 11) is 0. The van der Waals surface area contributed by atoms with Crippen molar-refractivity contribution in [1.82, 2.24) is 15.1 Å². The second-order valence-corrected chi connectivity index (χ2v) is 6.11. The Balaban J connectivity index is 1.94. The lowest BCUT2D eigenvalue weighted by atomic mass is 10.2. The number of amides is 1. The Morgan fingerprint density at radius 1 is 1.41 bits per heavy atom. The Labute approximate surface area is 134 Å². The van der Waals surface area contributed by atoms with Gasteiger partial charge in [0.1, 0.15) is 12.2 Å². The van der Waals surface area contributed by atoms with Crippen molar-refractivity contribution in [1.29, 1.82) is 0 Å². The molecule has 0 unspecified atom stereocenters. The summed E-state index contributed by atoms with van der Waals surface area (Å²) in [5.41, 5.74) is 0.164. The van der Waals surface area contributed by atoms with Crippen molar-refractivity contribution in [3.63, 3.8) is 0 Å². The van der Waals surface area contributed by atoms with Crippen molar-refractivity contribution in [3.05, 3.63) is 16.4 Å². The minimum absolute atomic E-state index is 0.0215. The van der Waals surface area contributed by atoms with Crippen LogP contribution in [0.3, 0.4) is 0 Å². The zero-order chi connectivity index (χ0) is 16.1. The highest BCUT2D eigenvalue weighted by molar-refractivity contribution is 6.32. The molecule has 0 aromatic carbocycles. The van der Waals surface area contributed by atoms with E-state index in [9.17, 15) is 13.6 Å². The maximum Gasteiger partial charge on any atom is 0.283 e. The smallest absolute Gasteiger partial charge is 0.283 e. The first kappa shape index (κ1) is 17.2. The second-order valence-electron chi connectivity index (χ2n) is 5.73. The molecule has 1 saturated carbocycles. The molecule has 0 aliphatic heterocycles. The predicted molar refractivity (Wildman–Crippen MR) is 81.3 cm³/mol. The van der Waals surface area contributed by atoms with E-state index in [0.29, 0.717) is 12.2 Å². The molecule has 1 heterocycles. The lowest BCUT2D eigenvalue weighted by Gasteiger charge is -2.08. The van der Waals surface area contributed by atoms with Gasteiger partial charge in [0.2, 0.25) is 5.91 Å². The number of alkyl halides is 2. The zero-order valence-corrected chi connectivity index (χ0v) is 13.5. The molecule has 1 amide bonds. The van der Waals surface area contributed by atoms with Crippen molar-refractivity contribution in [2.24, 2.45) is 0 Å². The highest BCUT2D eigenvalue weighted by Crippen LogP contribution is 2.45. The van der Waals surface area contributed by atoms with Crippen LogP contribution in [0.1, 0.15) is 69.2 Å². The molecule has 22 heavy (non-hydrogen) atoms. The van der Waals surface area contributed by atoms with Gasteiger partial charge < -0.3 is 5.32 Å². The first-order chi connectivity index (χ1) is 10.5. The summed E-state index contributed by atoms with van der Waals surface area (Å²) in [4.78, 5) is 11.9. The van der Waals surface area contributed by atoms with E-state index in [1.807, 2.05) is 0 Å². The SMILES string of the molecule is CCCCCCNC(=O)Cn1nc(C(F)F)c(Cl)c1C1CC1. The van der Waals surface area contributed by atoms with Crippen molar-refractivity contribution in [2.45, 2.75) is 64.3 Å². The molecule has 0 bridgehead atoms. The number of carbonyl (C=O) groups is 1. The first-order valence-electron chi connectivity index (χ1n) is 7.85. The number of rotatable bonds is 9. The number of halogens is 3. The van der Waals surface area contributed by atoms with Crippen LogP contribution < -0.4 is 5.32 Å². The maximum atomic E-state index is 12.9. The minimum atomic E-state index is -2.72. The Morgan fingerprint density at radius 2 is 2.14 bits per heavy atom. The van der Waals surface area contributed by atoms with Gasteiger partial charge in [0, 0.05) is 12.5 Å². The fraction of sp³-hybridized carbons (Fsp3) is 0.733. The van der Waals surface area contributed by atoms with Crippen LogP contribution in [0, 0.1) is 0 Å². The van der Waals surface area contributed by atoms with E-state index in [2.05, 4.69) is 17.3 Å². The van der Waals surface area contributed by atoms with Gasteiger partial charge in [0.05, 0.1) is 10.7 Å². The topological polar surface area (TPSA) is 46.9 Å². The number of hydrogen-bond acceptors (Lipinski definition) is 2. The standard InChI is InChI=1S/C15H22ClF2N3O/c1-2-3-4-5-8-19-11(22)9-21-14(10-6-7-10)12(16)13(20-21)15(17)18/h10,15H,2-9H2,1H3,(H,19,22).